The van der Waals surface area contributed by atoms with Gasteiger partial charge in [-0.05, 0) is 96.2 Å². The van der Waals surface area contributed by atoms with Crippen LogP contribution in [0.25, 0.3) is 0 Å². The fraction of sp³-hybridized carbons (Fsp3) is 1.00. The minimum absolute atomic E-state index is 0.713. The van der Waals surface area contributed by atoms with Gasteiger partial charge in [0.2, 0.25) is 0 Å². The van der Waals surface area contributed by atoms with E-state index in [-0.39, 0.29) is 0 Å². The highest BCUT2D eigenvalue weighted by molar-refractivity contribution is 4.90. The molecule has 3 aliphatic heterocycles. The van der Waals surface area contributed by atoms with Gasteiger partial charge in [-0.15, -0.1) is 0 Å². The van der Waals surface area contributed by atoms with E-state index in [0.29, 0.717) is 5.41 Å². The minimum atomic E-state index is 0.713. The van der Waals surface area contributed by atoms with E-state index in [1.165, 1.54) is 90.9 Å². The normalized spacial score (nSPS) is 32.6. The topological polar surface area (TPSA) is 9.72 Å². The smallest absolute Gasteiger partial charge is 0.00219 e. The zero-order valence-corrected chi connectivity index (χ0v) is 14.3. The Balaban J connectivity index is 1.43. The summed E-state index contributed by atoms with van der Waals surface area (Å²) in [6.07, 6.45) is 8.70. The molecule has 0 amide bonds. The van der Waals surface area contributed by atoms with Crippen LogP contribution in [0.1, 0.15) is 45.4 Å². The summed E-state index contributed by atoms with van der Waals surface area (Å²) in [6, 6.07) is 0. The second-order valence-electron chi connectivity index (χ2n) is 8.01. The van der Waals surface area contributed by atoms with Crippen LogP contribution in [0.4, 0.5) is 0 Å². The van der Waals surface area contributed by atoms with Crippen molar-refractivity contribution in [2.75, 3.05) is 59.4 Å². The SMILES string of the molecule is CCN1CCCC(CN2CCC3(CCN(C)CC3)CC2)C1. The maximum atomic E-state index is 2.79. The quantitative estimate of drug-likeness (QED) is 0.792. The monoisotopic (exact) mass is 293 g/mol. The molecule has 0 bridgehead atoms. The Labute approximate surface area is 131 Å². The van der Waals surface area contributed by atoms with E-state index in [4.69, 9.17) is 0 Å². The highest BCUT2D eigenvalue weighted by Crippen LogP contribution is 2.41. The van der Waals surface area contributed by atoms with Crippen LogP contribution < -0.4 is 0 Å². The van der Waals surface area contributed by atoms with Gasteiger partial charge in [0.05, 0.1) is 0 Å². The summed E-state index contributed by atoms with van der Waals surface area (Å²) < 4.78 is 0. The van der Waals surface area contributed by atoms with E-state index < -0.39 is 0 Å². The molecule has 0 radical (unpaired) electrons. The molecule has 0 aromatic rings. The standard InChI is InChI=1S/C18H35N3/c1-3-20-10-4-5-17(15-20)16-21-13-8-18(9-14-21)6-11-19(2)12-7-18/h17H,3-16H2,1-2H3. The van der Waals surface area contributed by atoms with Crippen LogP contribution in [0.3, 0.4) is 0 Å². The Kier molecular flexibility index (Phi) is 5.23. The Bertz CT molecular complexity index is 312. The van der Waals surface area contributed by atoms with Crippen LogP contribution in [-0.2, 0) is 0 Å². The number of hydrogen-bond acceptors (Lipinski definition) is 3. The molecule has 3 nitrogen and oxygen atoms in total. The van der Waals surface area contributed by atoms with E-state index in [1.807, 2.05) is 0 Å². The number of hydrogen-bond donors (Lipinski definition) is 0. The van der Waals surface area contributed by atoms with E-state index >= 15 is 0 Å². The average molecular weight is 293 g/mol. The Hall–Kier alpha value is -0.120. The first-order valence-corrected chi connectivity index (χ1v) is 9.32. The average Bonchev–Trinajstić information content (AvgIpc) is 2.53. The first-order chi connectivity index (χ1) is 10.2. The summed E-state index contributed by atoms with van der Waals surface area (Å²) in [5.41, 5.74) is 0.713. The maximum absolute atomic E-state index is 2.79. The molecular formula is C18H35N3. The van der Waals surface area contributed by atoms with E-state index in [9.17, 15) is 0 Å². The number of nitrogens with zero attached hydrogens (tertiary/aromatic N) is 3. The fourth-order valence-corrected chi connectivity index (χ4v) is 4.76. The minimum Gasteiger partial charge on any atom is -0.306 e. The number of likely N-dealkylation sites (tertiary alicyclic amines) is 3. The van der Waals surface area contributed by atoms with Crippen molar-refractivity contribution in [2.45, 2.75) is 45.4 Å². The zero-order chi connectivity index (χ0) is 14.7. The maximum Gasteiger partial charge on any atom is 0.00219 e. The largest absolute Gasteiger partial charge is 0.306 e. The third-order valence-electron chi connectivity index (χ3n) is 6.53. The molecular weight excluding hydrogens is 258 g/mol. The van der Waals surface area contributed by atoms with Crippen LogP contribution in [0.15, 0.2) is 0 Å². The molecule has 3 saturated heterocycles. The van der Waals surface area contributed by atoms with Crippen molar-refractivity contribution >= 4 is 0 Å². The van der Waals surface area contributed by atoms with Gasteiger partial charge in [-0.1, -0.05) is 6.92 Å². The predicted octanol–water partition coefficient (Wildman–Crippen LogP) is 2.53. The van der Waals surface area contributed by atoms with Gasteiger partial charge in [-0.3, -0.25) is 0 Å². The Morgan fingerprint density at radius 2 is 1.57 bits per heavy atom. The van der Waals surface area contributed by atoms with Crippen molar-refractivity contribution in [1.29, 1.82) is 0 Å². The predicted molar refractivity (Wildman–Crippen MR) is 89.7 cm³/mol. The van der Waals surface area contributed by atoms with Gasteiger partial charge in [0, 0.05) is 13.1 Å². The van der Waals surface area contributed by atoms with Gasteiger partial charge in [0.1, 0.15) is 0 Å². The molecule has 1 spiro atoms. The lowest BCUT2D eigenvalue weighted by Crippen LogP contribution is -2.48. The lowest BCUT2D eigenvalue weighted by atomic mass is 9.71. The van der Waals surface area contributed by atoms with E-state index in [0.717, 1.165) is 5.92 Å². The van der Waals surface area contributed by atoms with E-state index in [1.54, 1.807) is 0 Å². The van der Waals surface area contributed by atoms with Crippen molar-refractivity contribution in [3.63, 3.8) is 0 Å². The summed E-state index contributed by atoms with van der Waals surface area (Å²) >= 11 is 0. The molecule has 122 valence electrons. The van der Waals surface area contributed by atoms with Gasteiger partial charge in [-0.2, -0.15) is 0 Å². The second kappa shape index (κ2) is 6.97. The highest BCUT2D eigenvalue weighted by atomic mass is 15.2. The third kappa shape index (κ3) is 4.00. The van der Waals surface area contributed by atoms with Crippen molar-refractivity contribution in [2.24, 2.45) is 11.3 Å². The van der Waals surface area contributed by atoms with Gasteiger partial charge < -0.3 is 14.7 Å². The van der Waals surface area contributed by atoms with Crippen LogP contribution in [0, 0.1) is 11.3 Å². The summed E-state index contributed by atoms with van der Waals surface area (Å²) in [5.74, 6) is 0.935. The molecule has 21 heavy (non-hydrogen) atoms. The highest BCUT2D eigenvalue weighted by Gasteiger charge is 2.37. The van der Waals surface area contributed by atoms with Gasteiger partial charge >= 0.3 is 0 Å². The molecule has 0 N–H and O–H groups in total. The number of rotatable bonds is 3. The molecule has 3 heterocycles. The third-order valence-corrected chi connectivity index (χ3v) is 6.53. The Morgan fingerprint density at radius 3 is 2.24 bits per heavy atom. The van der Waals surface area contributed by atoms with Crippen LogP contribution in [0.2, 0.25) is 0 Å². The zero-order valence-electron chi connectivity index (χ0n) is 14.3. The molecule has 0 aromatic heterocycles. The fourth-order valence-electron chi connectivity index (χ4n) is 4.76. The van der Waals surface area contributed by atoms with Crippen molar-refractivity contribution in [3.8, 4) is 0 Å². The van der Waals surface area contributed by atoms with E-state index in [2.05, 4.69) is 28.7 Å². The van der Waals surface area contributed by atoms with Crippen LogP contribution >= 0.6 is 0 Å². The molecule has 0 aliphatic carbocycles. The van der Waals surface area contributed by atoms with Crippen molar-refractivity contribution in [3.05, 3.63) is 0 Å². The van der Waals surface area contributed by atoms with Gasteiger partial charge in [0.15, 0.2) is 0 Å². The molecule has 3 fully saturated rings. The Morgan fingerprint density at radius 1 is 0.905 bits per heavy atom. The first-order valence-electron chi connectivity index (χ1n) is 9.32. The summed E-state index contributed by atoms with van der Waals surface area (Å²) in [5, 5.41) is 0. The lowest BCUT2D eigenvalue weighted by Gasteiger charge is -2.47. The molecule has 3 aliphatic rings. The molecule has 1 unspecified atom stereocenters. The van der Waals surface area contributed by atoms with Crippen LogP contribution in [-0.4, -0.2) is 74.1 Å². The molecule has 1 atom stereocenters. The van der Waals surface area contributed by atoms with Gasteiger partial charge in [0.25, 0.3) is 0 Å². The molecule has 3 heteroatoms. The molecule has 3 rings (SSSR count). The second-order valence-corrected chi connectivity index (χ2v) is 8.01. The first kappa shape index (κ1) is 15.8. The summed E-state index contributed by atoms with van der Waals surface area (Å²) in [4.78, 5) is 7.95. The van der Waals surface area contributed by atoms with Crippen molar-refractivity contribution in [1.82, 2.24) is 14.7 Å². The number of piperidine rings is 3. The molecule has 0 saturated carbocycles. The summed E-state index contributed by atoms with van der Waals surface area (Å²) in [7, 11) is 2.28. The molecule has 0 aromatic carbocycles. The lowest BCUT2D eigenvalue weighted by molar-refractivity contribution is 0.0309. The van der Waals surface area contributed by atoms with Crippen LogP contribution in [0.5, 0.6) is 0 Å². The van der Waals surface area contributed by atoms with Gasteiger partial charge in [-0.25, -0.2) is 0 Å². The van der Waals surface area contributed by atoms with Crippen molar-refractivity contribution < 1.29 is 0 Å². The summed E-state index contributed by atoms with van der Waals surface area (Å²) in [6.45, 7) is 13.0.